The smallest absolute Gasteiger partial charge is 0.259 e. The zero-order valence-electron chi connectivity index (χ0n) is 16.7. The highest BCUT2D eigenvalue weighted by molar-refractivity contribution is 7.99. The highest BCUT2D eigenvalue weighted by Gasteiger charge is 2.21. The van der Waals surface area contributed by atoms with Gasteiger partial charge in [-0.05, 0) is 49.4 Å². The van der Waals surface area contributed by atoms with E-state index in [0.717, 1.165) is 40.6 Å². The molecule has 31 heavy (non-hydrogen) atoms. The van der Waals surface area contributed by atoms with Crippen LogP contribution < -0.4 is 10.9 Å². The molecule has 3 aromatic heterocycles. The van der Waals surface area contributed by atoms with Gasteiger partial charge in [-0.2, -0.15) is 0 Å². The Labute approximate surface area is 185 Å². The normalized spacial score (nSPS) is 12.9. The van der Waals surface area contributed by atoms with Crippen molar-refractivity contribution < 1.29 is 9.21 Å². The van der Waals surface area contributed by atoms with Crippen LogP contribution in [-0.2, 0) is 23.4 Å². The number of fused-ring (bicyclic) bond motifs is 3. The molecule has 0 radical (unpaired) electrons. The number of anilines is 1. The molecule has 0 unspecified atom stereocenters. The van der Waals surface area contributed by atoms with Crippen LogP contribution in [0.2, 0.25) is 0 Å². The number of H-pyrrole nitrogens is 1. The summed E-state index contributed by atoms with van der Waals surface area (Å²) in [5, 5.41) is 11.3. The predicted molar refractivity (Wildman–Crippen MR) is 122 cm³/mol. The summed E-state index contributed by atoms with van der Waals surface area (Å²) < 4.78 is 5.22. The van der Waals surface area contributed by atoms with Crippen LogP contribution >= 0.6 is 23.1 Å². The van der Waals surface area contributed by atoms with Gasteiger partial charge in [0.25, 0.3) is 5.56 Å². The summed E-state index contributed by atoms with van der Waals surface area (Å²) >= 11 is 3.03. The second-order valence-corrected chi connectivity index (χ2v) is 9.43. The third-order valence-corrected chi connectivity index (χ3v) is 7.34. The van der Waals surface area contributed by atoms with Crippen molar-refractivity contribution in [2.24, 2.45) is 0 Å². The van der Waals surface area contributed by atoms with E-state index in [2.05, 4.69) is 25.5 Å². The standard InChI is InChI=1S/C21H19N5O3S2/c1-11-5-6-12(20-26-22-10-29-20)7-14(11)23-17(27)9-30-8-16-24-19(28)18-13-3-2-4-15(13)31-21(18)25-16/h5-7,10H,2-4,8-9H2,1H3,(H,23,27)(H,24,25,28). The number of aromatic amines is 1. The number of hydrogen-bond acceptors (Lipinski definition) is 8. The number of nitrogens with one attached hydrogen (secondary N) is 2. The van der Waals surface area contributed by atoms with E-state index in [4.69, 9.17) is 4.42 Å². The second-order valence-electron chi connectivity index (χ2n) is 7.36. The van der Waals surface area contributed by atoms with Gasteiger partial charge in [0.2, 0.25) is 18.2 Å². The fourth-order valence-corrected chi connectivity index (χ4v) is 5.70. The lowest BCUT2D eigenvalue weighted by molar-refractivity contribution is -0.113. The average molecular weight is 454 g/mol. The van der Waals surface area contributed by atoms with E-state index >= 15 is 0 Å². The van der Waals surface area contributed by atoms with E-state index in [1.165, 1.54) is 28.6 Å². The number of thioether (sulfide) groups is 1. The van der Waals surface area contributed by atoms with Gasteiger partial charge in [0, 0.05) is 16.1 Å². The van der Waals surface area contributed by atoms with Crippen molar-refractivity contribution in [2.45, 2.75) is 31.9 Å². The molecule has 0 saturated heterocycles. The summed E-state index contributed by atoms with van der Waals surface area (Å²) in [5.74, 6) is 1.57. The monoisotopic (exact) mass is 453 g/mol. The van der Waals surface area contributed by atoms with Crippen LogP contribution in [0, 0.1) is 6.92 Å². The van der Waals surface area contributed by atoms with Crippen LogP contribution in [0.15, 0.2) is 33.8 Å². The second kappa shape index (κ2) is 8.27. The molecule has 3 heterocycles. The SMILES string of the molecule is Cc1ccc(-c2nnco2)cc1NC(=O)CSCc1nc2sc3c(c2c(=O)[nH]1)CCC3. The van der Waals surface area contributed by atoms with E-state index in [1.54, 1.807) is 11.3 Å². The van der Waals surface area contributed by atoms with Gasteiger partial charge in [0.05, 0.1) is 16.9 Å². The van der Waals surface area contributed by atoms with E-state index in [9.17, 15) is 9.59 Å². The molecule has 158 valence electrons. The predicted octanol–water partition coefficient (Wildman–Crippen LogP) is 3.70. The summed E-state index contributed by atoms with van der Waals surface area (Å²) in [4.78, 5) is 34.6. The number of carbonyl (C=O) groups is 1. The highest BCUT2D eigenvalue weighted by Crippen LogP contribution is 2.34. The van der Waals surface area contributed by atoms with Crippen LogP contribution in [-0.4, -0.2) is 31.8 Å². The fraction of sp³-hybridized carbons (Fsp3) is 0.286. The molecule has 0 atom stereocenters. The lowest BCUT2D eigenvalue weighted by atomic mass is 10.1. The topological polar surface area (TPSA) is 114 Å². The summed E-state index contributed by atoms with van der Waals surface area (Å²) in [6.07, 6.45) is 4.37. The number of thiophene rings is 1. The molecule has 0 bridgehead atoms. The Morgan fingerprint density at radius 1 is 1.35 bits per heavy atom. The van der Waals surface area contributed by atoms with Crippen molar-refractivity contribution in [3.63, 3.8) is 0 Å². The van der Waals surface area contributed by atoms with Crippen LogP contribution in [0.25, 0.3) is 21.7 Å². The van der Waals surface area contributed by atoms with Gasteiger partial charge in [0.1, 0.15) is 10.7 Å². The quantitative estimate of drug-likeness (QED) is 0.457. The molecule has 5 rings (SSSR count). The summed E-state index contributed by atoms with van der Waals surface area (Å²) in [6.45, 7) is 1.92. The zero-order chi connectivity index (χ0) is 21.4. The molecule has 8 nitrogen and oxygen atoms in total. The average Bonchev–Trinajstić information content (AvgIpc) is 3.46. The Balaban J connectivity index is 1.23. The van der Waals surface area contributed by atoms with Crippen molar-refractivity contribution in [3.8, 4) is 11.5 Å². The molecular formula is C21H19N5O3S2. The molecule has 1 aliphatic rings. The molecule has 10 heteroatoms. The van der Waals surface area contributed by atoms with Gasteiger partial charge in [-0.15, -0.1) is 33.3 Å². The van der Waals surface area contributed by atoms with Gasteiger partial charge in [-0.3, -0.25) is 9.59 Å². The van der Waals surface area contributed by atoms with Crippen LogP contribution in [0.4, 0.5) is 5.69 Å². The van der Waals surface area contributed by atoms with E-state index < -0.39 is 0 Å². The molecule has 0 aliphatic heterocycles. The van der Waals surface area contributed by atoms with Crippen LogP contribution in [0.1, 0.15) is 28.2 Å². The van der Waals surface area contributed by atoms with Gasteiger partial charge in [0.15, 0.2) is 0 Å². The van der Waals surface area contributed by atoms with Crippen molar-refractivity contribution in [2.75, 3.05) is 11.1 Å². The maximum atomic E-state index is 12.5. The molecule has 0 fully saturated rings. The molecule has 1 amide bonds. The first-order valence-corrected chi connectivity index (χ1v) is 11.8. The minimum absolute atomic E-state index is 0.0714. The van der Waals surface area contributed by atoms with E-state index in [1.807, 2.05) is 25.1 Å². The Hall–Kier alpha value is -2.98. The Morgan fingerprint density at radius 3 is 3.10 bits per heavy atom. The fourth-order valence-electron chi connectivity index (χ4n) is 3.73. The van der Waals surface area contributed by atoms with E-state index in [0.29, 0.717) is 23.2 Å². The number of benzene rings is 1. The molecule has 1 aliphatic carbocycles. The van der Waals surface area contributed by atoms with Crippen LogP contribution in [0.3, 0.4) is 0 Å². The first kappa shape index (κ1) is 20.0. The Morgan fingerprint density at radius 2 is 2.26 bits per heavy atom. The lowest BCUT2D eigenvalue weighted by Crippen LogP contribution is -2.16. The van der Waals surface area contributed by atoms with Crippen molar-refractivity contribution in [1.82, 2.24) is 20.2 Å². The summed E-state index contributed by atoms with van der Waals surface area (Å²) in [6, 6.07) is 5.57. The minimum Gasteiger partial charge on any atom is -0.423 e. The number of aryl methyl sites for hydroxylation is 3. The number of nitrogens with zero attached hydrogens (tertiary/aromatic N) is 3. The molecule has 0 spiro atoms. The number of carbonyl (C=O) groups excluding carboxylic acids is 1. The Kier molecular flexibility index (Phi) is 5.33. The Bertz CT molecular complexity index is 1330. The van der Waals surface area contributed by atoms with Crippen molar-refractivity contribution in [3.05, 3.63) is 56.8 Å². The molecule has 0 saturated carbocycles. The van der Waals surface area contributed by atoms with Crippen molar-refractivity contribution >= 4 is 44.9 Å². The third-order valence-electron chi connectivity index (χ3n) is 5.21. The maximum Gasteiger partial charge on any atom is 0.259 e. The third kappa shape index (κ3) is 4.00. The van der Waals surface area contributed by atoms with Crippen LogP contribution in [0.5, 0.6) is 0 Å². The molecule has 1 aromatic carbocycles. The molecule has 4 aromatic rings. The van der Waals surface area contributed by atoms with E-state index in [-0.39, 0.29) is 17.2 Å². The largest absolute Gasteiger partial charge is 0.423 e. The van der Waals surface area contributed by atoms with Gasteiger partial charge < -0.3 is 14.7 Å². The maximum absolute atomic E-state index is 12.5. The van der Waals surface area contributed by atoms with Crippen molar-refractivity contribution in [1.29, 1.82) is 0 Å². The summed E-state index contributed by atoms with van der Waals surface area (Å²) in [7, 11) is 0. The highest BCUT2D eigenvalue weighted by atomic mass is 32.2. The van der Waals surface area contributed by atoms with Gasteiger partial charge in [-0.25, -0.2) is 4.98 Å². The van der Waals surface area contributed by atoms with Gasteiger partial charge in [-0.1, -0.05) is 6.07 Å². The minimum atomic E-state index is -0.130. The van der Waals surface area contributed by atoms with Gasteiger partial charge >= 0.3 is 0 Å². The summed E-state index contributed by atoms with van der Waals surface area (Å²) in [5.41, 5.74) is 3.47. The lowest BCUT2D eigenvalue weighted by Gasteiger charge is -2.09. The number of hydrogen-bond donors (Lipinski definition) is 2. The first-order valence-electron chi connectivity index (χ1n) is 9.86. The zero-order valence-corrected chi connectivity index (χ0v) is 18.4. The molecular weight excluding hydrogens is 434 g/mol. The number of aromatic nitrogens is 4. The number of amides is 1. The molecule has 2 N–H and O–H groups in total. The first-order chi connectivity index (χ1) is 15.1. The number of rotatable bonds is 6.